The summed E-state index contributed by atoms with van der Waals surface area (Å²) >= 11 is 0. The lowest BCUT2D eigenvalue weighted by atomic mass is 9.86. The molecule has 512 valence electrons. The van der Waals surface area contributed by atoms with Gasteiger partial charge in [-0.3, -0.25) is 0 Å². The molecule has 2 aromatic carbocycles. The third kappa shape index (κ3) is 31.7. The highest BCUT2D eigenvalue weighted by Gasteiger charge is 2.18. The lowest BCUT2D eigenvalue weighted by Crippen LogP contribution is -2.35. The molecule has 13 nitrogen and oxygen atoms in total. The Labute approximate surface area is 580 Å². The molecule has 0 aliphatic rings. The molecule has 14 heteroatoms. The maximum absolute atomic E-state index is 12.1. The molecule has 0 aliphatic heterocycles. The van der Waals surface area contributed by atoms with Gasteiger partial charge in [0.05, 0.1) is 24.4 Å². The fraction of sp³-hybridized carbons (Fsp3) is 0.313. The van der Waals surface area contributed by atoms with E-state index in [1.165, 1.54) is 75.8 Å². The summed E-state index contributed by atoms with van der Waals surface area (Å²) in [6, 6.07) is 65.1. The molecule has 3 N–H and O–H groups in total. The van der Waals surface area contributed by atoms with E-state index in [1.54, 1.807) is 44.6 Å². The smallest absolute Gasteiger partial charge is 0.367 e. The van der Waals surface area contributed by atoms with Crippen LogP contribution in [0, 0.1) is 40.4 Å². The van der Waals surface area contributed by atoms with Crippen molar-refractivity contribution in [2.45, 2.75) is 106 Å². The Morgan fingerprint density at radius 1 is 0.433 bits per heavy atom. The van der Waals surface area contributed by atoms with Gasteiger partial charge >= 0.3 is 5.88 Å². The molecule has 0 bridgehead atoms. The second kappa shape index (κ2) is 44.2. The average Bonchev–Trinajstić information content (AvgIpc) is 1.00. The highest BCUT2D eigenvalue weighted by atomic mass is 19.1. The van der Waals surface area contributed by atoms with E-state index in [2.05, 4.69) is 221 Å². The highest BCUT2D eigenvalue weighted by molar-refractivity contribution is 5.42. The zero-order chi connectivity index (χ0) is 71.9. The van der Waals surface area contributed by atoms with Crippen LogP contribution in [0.5, 0.6) is 5.88 Å². The maximum Gasteiger partial charge on any atom is 0.367 e. The minimum absolute atomic E-state index is 0.108. The fourth-order valence-corrected chi connectivity index (χ4v) is 9.43. The Kier molecular flexibility index (Phi) is 37.2. The molecule has 0 saturated carbocycles. The summed E-state index contributed by atoms with van der Waals surface area (Å²) in [5, 5.41) is 27.4. The lowest BCUT2D eigenvalue weighted by molar-refractivity contribution is -0.684. The quantitative estimate of drug-likeness (QED) is 0.119. The van der Waals surface area contributed by atoms with Gasteiger partial charge in [-0.1, -0.05) is 79.7 Å². The summed E-state index contributed by atoms with van der Waals surface area (Å²) in [7, 11) is 17.9. The summed E-state index contributed by atoms with van der Waals surface area (Å²) in [5.74, 6) is 0.999. The van der Waals surface area contributed by atoms with Gasteiger partial charge < -0.3 is 20.1 Å². The lowest BCUT2D eigenvalue weighted by Gasteiger charge is -2.18. The van der Waals surface area contributed by atoms with Crippen molar-refractivity contribution in [3.63, 3.8) is 0 Å². The van der Waals surface area contributed by atoms with Gasteiger partial charge in [-0.2, -0.15) is 4.57 Å². The van der Waals surface area contributed by atoms with Crippen LogP contribution >= 0.6 is 0 Å². The van der Waals surface area contributed by atoms with Crippen LogP contribution in [0.3, 0.4) is 0 Å². The third-order valence-electron chi connectivity index (χ3n) is 15.6. The minimum atomic E-state index is -0.728. The van der Waals surface area contributed by atoms with E-state index < -0.39 is 5.60 Å². The average molecular weight is 1320 g/mol. The van der Waals surface area contributed by atoms with Crippen molar-refractivity contribution < 1.29 is 65.6 Å². The predicted octanol–water partition coefficient (Wildman–Crippen LogP) is 10.6. The van der Waals surface area contributed by atoms with Crippen molar-refractivity contribution in [1.29, 1.82) is 0 Å². The number of aromatic nitrogens is 9. The molecule has 1 atom stereocenters. The maximum atomic E-state index is 12.1. The number of halogens is 1. The number of ether oxygens (including phenoxy) is 1. The monoisotopic (exact) mass is 1320 g/mol. The van der Waals surface area contributed by atoms with E-state index in [-0.39, 0.29) is 18.5 Å². The first-order valence-corrected chi connectivity index (χ1v) is 33.1. The molecule has 0 aliphatic carbocycles. The molecule has 0 saturated heterocycles. The molecule has 11 rings (SSSR count). The highest BCUT2D eigenvalue weighted by Crippen LogP contribution is 2.31. The van der Waals surface area contributed by atoms with Gasteiger partial charge in [0, 0.05) is 137 Å². The van der Waals surface area contributed by atoms with E-state index in [4.69, 9.17) is 14.9 Å². The SMILES string of the molecule is CC(O)c1cc[n+](C)cc1.CCCc1cccc[n+]1C.CCOc1cccc[n+]1C.C[n+]1ccc(C(C)(C)O)cc1.C[n+]1ccc(C(c2ccccc2)c2ccccc2)cc1.C[n+]1cccc(F)c1.C[n+]1ccccc1CO.Cc1cc(C)[n+](C)c(C)c1.Cc1cccc(C)[n+]1C. The number of aryl methyl sites for hydroxylation is 13. The molecule has 11 aromatic rings. The minimum Gasteiger partial charge on any atom is -0.445 e. The first-order chi connectivity index (χ1) is 46.2. The van der Waals surface area contributed by atoms with Crippen LogP contribution in [-0.2, 0) is 82.1 Å². The summed E-state index contributed by atoms with van der Waals surface area (Å²) in [6.07, 6.45) is 23.1. The first kappa shape index (κ1) is 81.6. The van der Waals surface area contributed by atoms with Crippen molar-refractivity contribution in [2.24, 2.45) is 63.4 Å². The molecular weight excluding hydrogens is 1210 g/mol. The van der Waals surface area contributed by atoms with Crippen molar-refractivity contribution in [2.75, 3.05) is 6.61 Å². The summed E-state index contributed by atoms with van der Waals surface area (Å²) < 4.78 is 35.4. The van der Waals surface area contributed by atoms with E-state index in [0.717, 1.165) is 29.3 Å². The van der Waals surface area contributed by atoms with E-state index in [0.29, 0.717) is 5.92 Å². The Bertz CT molecular complexity index is 3810. The Hall–Kier alpha value is -9.60. The van der Waals surface area contributed by atoms with Gasteiger partial charge in [0.2, 0.25) is 11.9 Å². The summed E-state index contributed by atoms with van der Waals surface area (Å²) in [5.41, 5.74) is 14.1. The van der Waals surface area contributed by atoms with Crippen molar-refractivity contribution >= 4 is 0 Å². The molecule has 97 heavy (non-hydrogen) atoms. The molecule has 0 fully saturated rings. The van der Waals surface area contributed by atoms with Gasteiger partial charge in [-0.15, -0.1) is 0 Å². The number of aliphatic hydroxyl groups is 3. The number of rotatable bonds is 10. The second-order valence-electron chi connectivity index (χ2n) is 24.4. The zero-order valence-corrected chi connectivity index (χ0v) is 61.5. The fourth-order valence-electron chi connectivity index (χ4n) is 9.43. The Morgan fingerprint density at radius 3 is 1.22 bits per heavy atom. The van der Waals surface area contributed by atoms with Gasteiger partial charge in [0.1, 0.15) is 70.0 Å². The molecular formula is C83H113FN9O4+9. The number of hydrogen-bond acceptors (Lipinski definition) is 4. The largest absolute Gasteiger partial charge is 0.445 e. The molecule has 0 spiro atoms. The summed E-state index contributed by atoms with van der Waals surface area (Å²) in [6.45, 7) is 20.9. The summed E-state index contributed by atoms with van der Waals surface area (Å²) in [4.78, 5) is 0. The normalized spacial score (nSPS) is 10.4. The van der Waals surface area contributed by atoms with Gasteiger partial charge in [-0.25, -0.2) is 40.9 Å². The number of hydrogen-bond donors (Lipinski definition) is 3. The van der Waals surface area contributed by atoms with Gasteiger partial charge in [0.15, 0.2) is 96.3 Å². The van der Waals surface area contributed by atoms with Crippen molar-refractivity contribution in [1.82, 2.24) is 0 Å². The number of aliphatic hydroxyl groups excluding tert-OH is 2. The van der Waals surface area contributed by atoms with Crippen molar-refractivity contribution in [3.8, 4) is 5.88 Å². The Balaban J connectivity index is 0.000000289. The van der Waals surface area contributed by atoms with Crippen LogP contribution in [0.2, 0.25) is 0 Å². The van der Waals surface area contributed by atoms with Crippen LogP contribution in [0.4, 0.5) is 4.39 Å². The number of pyridine rings is 9. The molecule has 0 amide bonds. The molecule has 1 unspecified atom stereocenters. The standard InChI is InChI=1S/C19H18N.C9H14NO.2C9H14N.2C8H12NO.C8H12N.C7H10NO.C6H7FN/c1-20-14-12-18(13-15-20)19(16-8-4-2-5-9-16)17-10-6-3-7-11-17;1-9(2,11)8-4-6-10(3)7-5-8;1-7-5-8(2)10(4)9(3)6-7;1-3-6-9-7-4-5-8-10(9)2;1-7(10)8-3-5-9(2)6-4-8;1-3-10-8-6-4-5-7-9(8)2;1-7-5-4-6-8(2)9(7)3;1-8-5-3-2-4-7(8)6-9;1-8-4-2-3-6(7)5-8/h2-15,19H,1H3;4-7,11H,1-3H3;5-6H,1-4H3;4-5,7-8H,3,6H2,1-2H3;3-7,10H,1-2H3;4-7H,3H2,1-2H3;4-6H,1-3H3;2-5,9H,6H2,1H3;2-5H,1H3/q9*+1. The number of benzene rings is 2. The van der Waals surface area contributed by atoms with Crippen LogP contribution in [0.15, 0.2) is 262 Å². The second-order valence-corrected chi connectivity index (χ2v) is 24.4. The van der Waals surface area contributed by atoms with Crippen LogP contribution in [0.25, 0.3) is 0 Å². The zero-order valence-electron chi connectivity index (χ0n) is 61.5. The predicted molar refractivity (Wildman–Crippen MR) is 383 cm³/mol. The van der Waals surface area contributed by atoms with Crippen molar-refractivity contribution in [3.05, 3.63) is 336 Å². The first-order valence-electron chi connectivity index (χ1n) is 33.1. The van der Waals surface area contributed by atoms with E-state index in [9.17, 15) is 9.50 Å². The van der Waals surface area contributed by atoms with Crippen LogP contribution in [-0.4, -0.2) is 21.9 Å². The van der Waals surface area contributed by atoms with Gasteiger partial charge in [-0.05, 0) is 92.6 Å². The van der Waals surface area contributed by atoms with E-state index >= 15 is 0 Å². The van der Waals surface area contributed by atoms with E-state index in [1.807, 2.05) is 158 Å². The topological polar surface area (TPSA) is 105 Å². The van der Waals surface area contributed by atoms with Crippen LogP contribution in [0.1, 0.15) is 121 Å². The Morgan fingerprint density at radius 2 is 0.845 bits per heavy atom. The molecule has 0 radical (unpaired) electrons. The van der Waals surface area contributed by atoms with Crippen LogP contribution < -0.4 is 45.8 Å². The third-order valence-corrected chi connectivity index (χ3v) is 15.6. The van der Waals surface area contributed by atoms with Gasteiger partial charge in [0.25, 0.3) is 0 Å². The molecule has 9 aromatic heterocycles. The number of nitrogens with zero attached hydrogens (tertiary/aromatic N) is 9. The molecule has 9 heterocycles.